The van der Waals surface area contributed by atoms with Gasteiger partial charge in [-0.3, -0.25) is 0 Å². The van der Waals surface area contributed by atoms with Crippen molar-refractivity contribution >= 4 is 16.9 Å². The predicted octanol–water partition coefficient (Wildman–Crippen LogP) is 3.50. The molecular formula is C16H16N2O3. The molecule has 2 aromatic heterocycles. The van der Waals surface area contributed by atoms with Gasteiger partial charge in [-0.25, -0.2) is 9.78 Å². The maximum atomic E-state index is 11.4. The van der Waals surface area contributed by atoms with E-state index in [-0.39, 0.29) is 11.7 Å². The molecule has 0 atom stereocenters. The number of furan rings is 1. The second-order valence-electron chi connectivity index (χ2n) is 5.28. The first-order valence-corrected chi connectivity index (χ1v) is 6.82. The van der Waals surface area contributed by atoms with Crippen LogP contribution in [0.1, 0.15) is 41.7 Å². The van der Waals surface area contributed by atoms with Crippen molar-refractivity contribution in [2.45, 2.75) is 26.3 Å². The summed E-state index contributed by atoms with van der Waals surface area (Å²) in [4.78, 5) is 15.8. The van der Waals surface area contributed by atoms with Gasteiger partial charge in [0.1, 0.15) is 11.4 Å². The quantitative estimate of drug-likeness (QED) is 0.796. The molecule has 0 saturated heterocycles. The summed E-state index contributed by atoms with van der Waals surface area (Å²) in [7, 11) is 0. The summed E-state index contributed by atoms with van der Waals surface area (Å²) in [5.74, 6) is 0.148. The second-order valence-corrected chi connectivity index (χ2v) is 5.28. The molecule has 3 rings (SSSR count). The minimum Gasteiger partial charge on any atom is -0.475 e. The Morgan fingerprint density at radius 2 is 2.14 bits per heavy atom. The van der Waals surface area contributed by atoms with E-state index < -0.39 is 5.97 Å². The zero-order valence-electron chi connectivity index (χ0n) is 11.9. The normalized spacial score (nSPS) is 11.4. The van der Waals surface area contributed by atoms with Gasteiger partial charge in [-0.05, 0) is 6.07 Å². The highest BCUT2D eigenvalue weighted by atomic mass is 16.4. The van der Waals surface area contributed by atoms with Crippen LogP contribution >= 0.6 is 0 Å². The van der Waals surface area contributed by atoms with Crippen molar-refractivity contribution in [2.24, 2.45) is 0 Å². The summed E-state index contributed by atoms with van der Waals surface area (Å²) in [6, 6.07) is 7.37. The summed E-state index contributed by atoms with van der Waals surface area (Å²) in [5.41, 5.74) is 1.27. The van der Waals surface area contributed by atoms with Gasteiger partial charge in [0, 0.05) is 29.3 Å². The van der Waals surface area contributed by atoms with E-state index in [1.807, 2.05) is 29.0 Å². The largest absolute Gasteiger partial charge is 0.475 e. The molecule has 0 unspecified atom stereocenters. The van der Waals surface area contributed by atoms with E-state index in [9.17, 15) is 9.90 Å². The number of aromatic nitrogens is 2. The van der Waals surface area contributed by atoms with Crippen LogP contribution in [0.3, 0.4) is 0 Å². The molecular weight excluding hydrogens is 268 g/mol. The molecule has 0 spiro atoms. The number of aromatic carboxylic acids is 1. The third kappa shape index (κ3) is 2.31. The minimum absolute atomic E-state index is 0.000365. The zero-order valence-corrected chi connectivity index (χ0v) is 11.9. The monoisotopic (exact) mass is 284 g/mol. The standard InChI is InChI=1S/C16H16N2O3/c1-10(2)15-17-7-8-18(15)9-12-11-5-3-4-6-13(11)21-14(12)16(19)20/h3-8,10H,9H2,1-2H3,(H,19,20). The van der Waals surface area contributed by atoms with Gasteiger partial charge in [0.05, 0.1) is 6.54 Å². The number of para-hydroxylation sites is 1. The third-order valence-electron chi connectivity index (χ3n) is 3.49. The van der Waals surface area contributed by atoms with Crippen LogP contribution in [-0.2, 0) is 6.54 Å². The van der Waals surface area contributed by atoms with E-state index in [2.05, 4.69) is 18.8 Å². The number of carboxylic acid groups (broad SMARTS) is 1. The molecule has 5 heteroatoms. The minimum atomic E-state index is -1.05. The summed E-state index contributed by atoms with van der Waals surface area (Å²) in [6.07, 6.45) is 3.60. The van der Waals surface area contributed by atoms with Crippen LogP contribution in [-0.4, -0.2) is 20.6 Å². The molecule has 0 aliphatic heterocycles. The first kappa shape index (κ1) is 13.4. The lowest BCUT2D eigenvalue weighted by atomic mass is 10.1. The maximum Gasteiger partial charge on any atom is 0.372 e. The lowest BCUT2D eigenvalue weighted by molar-refractivity contribution is 0.0663. The first-order chi connectivity index (χ1) is 10.1. The van der Waals surface area contributed by atoms with Crippen LogP contribution in [0.4, 0.5) is 0 Å². The molecule has 0 amide bonds. The fraction of sp³-hybridized carbons (Fsp3) is 0.250. The van der Waals surface area contributed by atoms with Crippen LogP contribution in [0.2, 0.25) is 0 Å². The molecule has 5 nitrogen and oxygen atoms in total. The molecule has 1 aromatic carbocycles. The zero-order chi connectivity index (χ0) is 15.0. The topological polar surface area (TPSA) is 68.3 Å². The highest BCUT2D eigenvalue weighted by Crippen LogP contribution is 2.27. The Hall–Kier alpha value is -2.56. The van der Waals surface area contributed by atoms with Gasteiger partial charge in [0.15, 0.2) is 0 Å². The van der Waals surface area contributed by atoms with E-state index in [1.165, 1.54) is 0 Å². The number of carbonyl (C=O) groups is 1. The maximum absolute atomic E-state index is 11.4. The molecule has 0 aliphatic carbocycles. The first-order valence-electron chi connectivity index (χ1n) is 6.82. The molecule has 2 heterocycles. The van der Waals surface area contributed by atoms with E-state index in [4.69, 9.17) is 4.42 Å². The number of hydrogen-bond donors (Lipinski definition) is 1. The Kier molecular flexibility index (Phi) is 3.25. The number of hydrogen-bond acceptors (Lipinski definition) is 3. The number of carboxylic acids is 1. The number of rotatable bonds is 4. The smallest absolute Gasteiger partial charge is 0.372 e. The van der Waals surface area contributed by atoms with Crippen LogP contribution in [0.5, 0.6) is 0 Å². The Balaban J connectivity index is 2.13. The van der Waals surface area contributed by atoms with Crippen molar-refractivity contribution in [2.75, 3.05) is 0 Å². The van der Waals surface area contributed by atoms with Gasteiger partial charge < -0.3 is 14.1 Å². The summed E-state index contributed by atoms with van der Waals surface area (Å²) >= 11 is 0. The van der Waals surface area contributed by atoms with Gasteiger partial charge in [0.2, 0.25) is 5.76 Å². The Morgan fingerprint density at radius 3 is 2.86 bits per heavy atom. The van der Waals surface area contributed by atoms with Crippen LogP contribution in [0, 0.1) is 0 Å². The molecule has 0 bridgehead atoms. The van der Waals surface area contributed by atoms with Gasteiger partial charge in [-0.15, -0.1) is 0 Å². The van der Waals surface area contributed by atoms with E-state index in [1.54, 1.807) is 12.3 Å². The number of benzene rings is 1. The Labute approximate surface area is 121 Å². The molecule has 0 saturated carbocycles. The SMILES string of the molecule is CC(C)c1nccn1Cc1c(C(=O)O)oc2ccccc12. The average molecular weight is 284 g/mol. The van der Waals surface area contributed by atoms with Crippen molar-refractivity contribution in [3.63, 3.8) is 0 Å². The second kappa shape index (κ2) is 5.09. The van der Waals surface area contributed by atoms with Crippen LogP contribution in [0.15, 0.2) is 41.1 Å². The fourth-order valence-corrected chi connectivity index (χ4v) is 2.55. The molecule has 0 aliphatic rings. The molecule has 108 valence electrons. The van der Waals surface area contributed by atoms with Crippen molar-refractivity contribution in [3.8, 4) is 0 Å². The van der Waals surface area contributed by atoms with Gasteiger partial charge in [0.25, 0.3) is 0 Å². The van der Waals surface area contributed by atoms with E-state index in [0.717, 1.165) is 11.2 Å². The Morgan fingerprint density at radius 1 is 1.38 bits per heavy atom. The highest BCUT2D eigenvalue weighted by Gasteiger charge is 2.21. The van der Waals surface area contributed by atoms with E-state index in [0.29, 0.717) is 17.7 Å². The summed E-state index contributed by atoms with van der Waals surface area (Å²) < 4.78 is 7.44. The van der Waals surface area contributed by atoms with Gasteiger partial charge in [-0.1, -0.05) is 32.0 Å². The van der Waals surface area contributed by atoms with Gasteiger partial charge >= 0.3 is 5.97 Å². The van der Waals surface area contributed by atoms with Crippen molar-refractivity contribution in [3.05, 3.63) is 53.8 Å². The summed E-state index contributed by atoms with van der Waals surface area (Å²) in [5, 5.41) is 10.2. The summed E-state index contributed by atoms with van der Waals surface area (Å²) in [6.45, 7) is 4.56. The van der Waals surface area contributed by atoms with Crippen molar-refractivity contribution in [1.82, 2.24) is 9.55 Å². The molecule has 21 heavy (non-hydrogen) atoms. The van der Waals surface area contributed by atoms with E-state index >= 15 is 0 Å². The molecule has 3 aromatic rings. The van der Waals surface area contributed by atoms with Crippen LogP contribution < -0.4 is 0 Å². The third-order valence-corrected chi connectivity index (χ3v) is 3.49. The number of nitrogens with zero attached hydrogens (tertiary/aromatic N) is 2. The molecule has 0 radical (unpaired) electrons. The highest BCUT2D eigenvalue weighted by molar-refractivity contribution is 5.95. The van der Waals surface area contributed by atoms with Crippen molar-refractivity contribution in [1.29, 1.82) is 0 Å². The van der Waals surface area contributed by atoms with Crippen LogP contribution in [0.25, 0.3) is 11.0 Å². The lowest BCUT2D eigenvalue weighted by Gasteiger charge is -2.10. The number of fused-ring (bicyclic) bond motifs is 1. The molecule has 0 fully saturated rings. The Bertz CT molecular complexity index is 799. The molecule has 1 N–H and O–H groups in total. The average Bonchev–Trinajstić information content (AvgIpc) is 3.04. The lowest BCUT2D eigenvalue weighted by Crippen LogP contribution is -2.08. The predicted molar refractivity (Wildman–Crippen MR) is 78.6 cm³/mol. The van der Waals surface area contributed by atoms with Gasteiger partial charge in [-0.2, -0.15) is 0 Å². The number of imidazole rings is 1. The van der Waals surface area contributed by atoms with Crippen molar-refractivity contribution < 1.29 is 14.3 Å². The fourth-order valence-electron chi connectivity index (χ4n) is 2.55.